The molecule has 1 aromatic rings. The monoisotopic (exact) mass is 176 g/mol. The number of anilines is 1. The van der Waals surface area contributed by atoms with Crippen LogP contribution in [0.4, 0.5) is 11.5 Å². The van der Waals surface area contributed by atoms with Gasteiger partial charge in [-0.1, -0.05) is 0 Å². The molecule has 2 heterocycles. The molecule has 1 aromatic heterocycles. The van der Waals surface area contributed by atoms with Crippen LogP contribution in [0.25, 0.3) is 0 Å². The molecule has 13 heavy (non-hydrogen) atoms. The van der Waals surface area contributed by atoms with Crippen molar-refractivity contribution in [2.45, 2.75) is 13.3 Å². The molecule has 2 rings (SSSR count). The van der Waals surface area contributed by atoms with Crippen molar-refractivity contribution in [1.82, 2.24) is 9.97 Å². The molecule has 0 saturated carbocycles. The molecule has 0 spiro atoms. The summed E-state index contributed by atoms with van der Waals surface area (Å²) in [6, 6.07) is 0. The van der Waals surface area contributed by atoms with Crippen molar-refractivity contribution in [2.24, 2.45) is 4.99 Å². The van der Waals surface area contributed by atoms with E-state index in [-0.39, 0.29) is 5.91 Å². The number of hydrogen-bond acceptors (Lipinski definition) is 4. The third-order valence-electron chi connectivity index (χ3n) is 1.68. The van der Waals surface area contributed by atoms with E-state index in [1.54, 1.807) is 6.20 Å². The van der Waals surface area contributed by atoms with Crippen LogP contribution < -0.4 is 5.32 Å². The van der Waals surface area contributed by atoms with Gasteiger partial charge in [-0.3, -0.25) is 9.79 Å². The maximum Gasteiger partial charge on any atom is 0.231 e. The van der Waals surface area contributed by atoms with Gasteiger partial charge in [0.15, 0.2) is 5.82 Å². The Morgan fingerprint density at radius 3 is 3.23 bits per heavy atom. The first kappa shape index (κ1) is 7.85. The second kappa shape index (κ2) is 2.93. The van der Waals surface area contributed by atoms with Crippen molar-refractivity contribution in [3.05, 3.63) is 12.5 Å². The van der Waals surface area contributed by atoms with Crippen LogP contribution in [0.3, 0.4) is 0 Å². The number of amides is 1. The topological polar surface area (TPSA) is 67.2 Å². The van der Waals surface area contributed by atoms with Crippen LogP contribution in [0.5, 0.6) is 0 Å². The fourth-order valence-electron chi connectivity index (χ4n) is 1.15. The van der Waals surface area contributed by atoms with E-state index in [0.29, 0.717) is 17.9 Å². The minimum Gasteiger partial charge on any atom is -0.308 e. The second-order valence-electron chi connectivity index (χ2n) is 2.83. The average Bonchev–Trinajstić information content (AvgIpc) is 2.20. The van der Waals surface area contributed by atoms with Gasteiger partial charge in [0.1, 0.15) is 12.0 Å². The molecule has 1 aliphatic rings. The van der Waals surface area contributed by atoms with Gasteiger partial charge in [0.25, 0.3) is 0 Å². The Kier molecular flexibility index (Phi) is 1.77. The van der Waals surface area contributed by atoms with Crippen LogP contribution in [0.2, 0.25) is 0 Å². The molecular formula is C8H8N4O. The van der Waals surface area contributed by atoms with E-state index in [1.807, 2.05) is 6.92 Å². The molecule has 0 fully saturated rings. The average molecular weight is 176 g/mol. The first-order valence-corrected chi connectivity index (χ1v) is 3.90. The number of hydrogen-bond donors (Lipinski definition) is 1. The van der Waals surface area contributed by atoms with E-state index in [1.165, 1.54) is 6.33 Å². The Morgan fingerprint density at radius 1 is 1.54 bits per heavy atom. The minimum atomic E-state index is -0.0845. The van der Waals surface area contributed by atoms with Crippen LogP contribution >= 0.6 is 0 Å². The molecule has 5 heteroatoms. The summed E-state index contributed by atoms with van der Waals surface area (Å²) in [5.41, 5.74) is 1.39. The third-order valence-corrected chi connectivity index (χ3v) is 1.68. The Balaban J connectivity index is 2.51. The predicted octanol–water partition coefficient (Wildman–Crippen LogP) is 0.911. The lowest BCUT2D eigenvalue weighted by Crippen LogP contribution is -2.13. The SMILES string of the molecule is CC1=Nc2cncnc2NC(=O)C1. The number of carbonyl (C=O) groups is 1. The van der Waals surface area contributed by atoms with Crippen LogP contribution in [0.15, 0.2) is 17.5 Å². The highest BCUT2D eigenvalue weighted by molar-refractivity contribution is 6.09. The summed E-state index contributed by atoms with van der Waals surface area (Å²) in [4.78, 5) is 23.1. The Labute approximate surface area is 74.9 Å². The largest absolute Gasteiger partial charge is 0.308 e. The van der Waals surface area contributed by atoms with Crippen LogP contribution in [0.1, 0.15) is 13.3 Å². The third kappa shape index (κ3) is 1.53. The van der Waals surface area contributed by atoms with Gasteiger partial charge in [-0.25, -0.2) is 9.97 Å². The highest BCUT2D eigenvalue weighted by atomic mass is 16.1. The number of carbonyl (C=O) groups excluding carboxylic acids is 1. The zero-order chi connectivity index (χ0) is 9.26. The normalized spacial score (nSPS) is 15.5. The van der Waals surface area contributed by atoms with Gasteiger partial charge in [0.05, 0.1) is 12.6 Å². The molecule has 1 N–H and O–H groups in total. The number of nitrogens with zero attached hydrogens (tertiary/aromatic N) is 3. The predicted molar refractivity (Wildman–Crippen MR) is 48.0 cm³/mol. The van der Waals surface area contributed by atoms with Crippen LogP contribution in [-0.4, -0.2) is 21.6 Å². The summed E-state index contributed by atoms with van der Waals surface area (Å²) >= 11 is 0. The number of aliphatic imine (C=N–C) groups is 1. The van der Waals surface area contributed by atoms with Crippen LogP contribution in [0, 0.1) is 0 Å². The van der Waals surface area contributed by atoms with Crippen molar-refractivity contribution in [3.8, 4) is 0 Å². The quantitative estimate of drug-likeness (QED) is 0.638. The summed E-state index contributed by atoms with van der Waals surface area (Å²) in [5, 5.41) is 2.65. The van der Waals surface area contributed by atoms with Gasteiger partial charge in [0, 0.05) is 5.71 Å². The molecule has 0 radical (unpaired) electrons. The molecule has 0 aromatic carbocycles. The number of aromatic nitrogens is 2. The molecule has 0 bridgehead atoms. The summed E-state index contributed by atoms with van der Waals surface area (Å²) < 4.78 is 0. The van der Waals surface area contributed by atoms with Gasteiger partial charge in [-0.2, -0.15) is 0 Å². The summed E-state index contributed by atoms with van der Waals surface area (Å²) in [6.07, 6.45) is 3.28. The molecule has 1 amide bonds. The van der Waals surface area contributed by atoms with Crippen molar-refractivity contribution < 1.29 is 4.79 Å². The molecular weight excluding hydrogens is 168 g/mol. The van der Waals surface area contributed by atoms with Gasteiger partial charge in [-0.15, -0.1) is 0 Å². The zero-order valence-corrected chi connectivity index (χ0v) is 7.11. The second-order valence-corrected chi connectivity index (χ2v) is 2.83. The maximum atomic E-state index is 11.2. The van der Waals surface area contributed by atoms with Crippen molar-refractivity contribution in [1.29, 1.82) is 0 Å². The van der Waals surface area contributed by atoms with E-state index in [2.05, 4.69) is 20.3 Å². The van der Waals surface area contributed by atoms with Crippen LogP contribution in [-0.2, 0) is 4.79 Å². The fourth-order valence-corrected chi connectivity index (χ4v) is 1.15. The smallest absolute Gasteiger partial charge is 0.231 e. The highest BCUT2D eigenvalue weighted by Crippen LogP contribution is 2.23. The van der Waals surface area contributed by atoms with E-state index >= 15 is 0 Å². The van der Waals surface area contributed by atoms with E-state index < -0.39 is 0 Å². The first-order chi connectivity index (χ1) is 6.25. The minimum absolute atomic E-state index is 0.0845. The first-order valence-electron chi connectivity index (χ1n) is 3.90. The highest BCUT2D eigenvalue weighted by Gasteiger charge is 2.13. The molecule has 0 aliphatic carbocycles. The van der Waals surface area contributed by atoms with Gasteiger partial charge >= 0.3 is 0 Å². The number of nitrogens with one attached hydrogen (secondary N) is 1. The lowest BCUT2D eigenvalue weighted by molar-refractivity contribution is -0.115. The zero-order valence-electron chi connectivity index (χ0n) is 7.11. The van der Waals surface area contributed by atoms with Crippen molar-refractivity contribution in [2.75, 3.05) is 5.32 Å². The Bertz CT molecular complexity index is 385. The molecule has 0 unspecified atom stereocenters. The fraction of sp³-hybridized carbons (Fsp3) is 0.250. The number of rotatable bonds is 0. The standard InChI is InChI=1S/C8H8N4O/c1-5-2-7(13)12-8-6(11-5)3-9-4-10-8/h3-4H,2H2,1H3,(H,9,10,12,13). The Hall–Kier alpha value is -1.78. The molecule has 0 atom stereocenters. The van der Waals surface area contributed by atoms with Gasteiger partial charge in [0.2, 0.25) is 5.91 Å². The molecule has 1 aliphatic heterocycles. The van der Waals surface area contributed by atoms with E-state index in [9.17, 15) is 4.79 Å². The van der Waals surface area contributed by atoms with Crippen molar-refractivity contribution >= 4 is 23.1 Å². The summed E-state index contributed by atoms with van der Waals surface area (Å²) in [7, 11) is 0. The summed E-state index contributed by atoms with van der Waals surface area (Å²) in [6.45, 7) is 1.81. The molecule has 0 saturated heterocycles. The van der Waals surface area contributed by atoms with Gasteiger partial charge < -0.3 is 5.32 Å². The number of fused-ring (bicyclic) bond motifs is 1. The van der Waals surface area contributed by atoms with Gasteiger partial charge in [-0.05, 0) is 6.92 Å². The van der Waals surface area contributed by atoms with Crippen molar-refractivity contribution in [3.63, 3.8) is 0 Å². The lowest BCUT2D eigenvalue weighted by atomic mass is 10.3. The molecule has 66 valence electrons. The maximum absolute atomic E-state index is 11.2. The van der Waals surface area contributed by atoms with E-state index in [0.717, 1.165) is 5.71 Å². The van der Waals surface area contributed by atoms with E-state index in [4.69, 9.17) is 0 Å². The molecule has 5 nitrogen and oxygen atoms in total. The Morgan fingerprint density at radius 2 is 2.38 bits per heavy atom. The lowest BCUT2D eigenvalue weighted by Gasteiger charge is -2.00. The summed E-state index contributed by atoms with van der Waals surface area (Å²) in [5.74, 6) is 0.399.